The Hall–Kier alpha value is -3.66. The molecule has 0 saturated heterocycles. The standard InChI is InChI=1S/C23H17N3O/c27-22(13-15-14-24-20-11-5-3-7-16(15)20)26-23-19-10-2-1-8-17(19)18-9-4-6-12-21(18)25-23/h1-12,14,24H,13H2,(H,25,26,27). The van der Waals surface area contributed by atoms with E-state index in [1.54, 1.807) is 0 Å². The zero-order chi connectivity index (χ0) is 18.2. The summed E-state index contributed by atoms with van der Waals surface area (Å²) in [7, 11) is 0. The molecule has 0 bridgehead atoms. The molecule has 2 aromatic heterocycles. The summed E-state index contributed by atoms with van der Waals surface area (Å²) in [6, 6.07) is 24.0. The van der Waals surface area contributed by atoms with Gasteiger partial charge in [0.05, 0.1) is 11.9 Å². The van der Waals surface area contributed by atoms with Crippen molar-refractivity contribution in [1.82, 2.24) is 9.97 Å². The third kappa shape index (κ3) is 2.72. The smallest absolute Gasteiger partial charge is 0.230 e. The van der Waals surface area contributed by atoms with E-state index in [1.165, 1.54) is 0 Å². The van der Waals surface area contributed by atoms with Gasteiger partial charge in [-0.1, -0.05) is 60.7 Å². The lowest BCUT2D eigenvalue weighted by Gasteiger charge is -2.10. The third-order valence-electron chi connectivity index (χ3n) is 4.89. The van der Waals surface area contributed by atoms with Gasteiger partial charge >= 0.3 is 0 Å². The van der Waals surface area contributed by atoms with Crippen molar-refractivity contribution in [1.29, 1.82) is 0 Å². The van der Waals surface area contributed by atoms with E-state index < -0.39 is 0 Å². The highest BCUT2D eigenvalue weighted by atomic mass is 16.1. The van der Waals surface area contributed by atoms with Crippen LogP contribution in [0.1, 0.15) is 5.56 Å². The normalized spacial score (nSPS) is 11.3. The molecule has 0 spiro atoms. The Bertz CT molecular complexity index is 1300. The quantitative estimate of drug-likeness (QED) is 0.447. The van der Waals surface area contributed by atoms with Crippen molar-refractivity contribution >= 4 is 44.3 Å². The lowest BCUT2D eigenvalue weighted by molar-refractivity contribution is -0.115. The molecule has 27 heavy (non-hydrogen) atoms. The maximum Gasteiger partial charge on any atom is 0.230 e. The number of pyridine rings is 1. The number of anilines is 1. The predicted octanol–water partition coefficient (Wildman–Crippen LogP) is 5.05. The lowest BCUT2D eigenvalue weighted by atomic mass is 10.1. The second-order valence-electron chi connectivity index (χ2n) is 6.61. The average molecular weight is 351 g/mol. The Balaban J connectivity index is 1.52. The van der Waals surface area contributed by atoms with Crippen molar-refractivity contribution in [2.45, 2.75) is 6.42 Å². The molecule has 0 aliphatic heterocycles. The first-order valence-electron chi connectivity index (χ1n) is 8.92. The molecule has 0 aliphatic carbocycles. The minimum atomic E-state index is -0.0762. The molecule has 5 aromatic rings. The number of carbonyl (C=O) groups is 1. The Morgan fingerprint density at radius 1 is 0.815 bits per heavy atom. The molecule has 5 rings (SSSR count). The van der Waals surface area contributed by atoms with Gasteiger partial charge in [0.2, 0.25) is 5.91 Å². The molecular weight excluding hydrogens is 334 g/mol. The van der Waals surface area contributed by atoms with Crippen molar-refractivity contribution in [3.8, 4) is 0 Å². The Labute approximate surface area is 155 Å². The number of aromatic amines is 1. The number of carbonyl (C=O) groups excluding carboxylic acids is 1. The number of aromatic nitrogens is 2. The van der Waals surface area contributed by atoms with Gasteiger partial charge in [-0.05, 0) is 23.1 Å². The van der Waals surface area contributed by atoms with Crippen molar-refractivity contribution in [2.24, 2.45) is 0 Å². The van der Waals surface area contributed by atoms with Gasteiger partial charge in [0, 0.05) is 27.9 Å². The number of hydrogen-bond donors (Lipinski definition) is 2. The number of fused-ring (bicyclic) bond motifs is 4. The molecule has 1 amide bonds. The van der Waals surface area contributed by atoms with E-state index in [-0.39, 0.29) is 5.91 Å². The second-order valence-corrected chi connectivity index (χ2v) is 6.61. The van der Waals surface area contributed by atoms with Gasteiger partial charge < -0.3 is 10.3 Å². The number of nitrogens with zero attached hydrogens (tertiary/aromatic N) is 1. The first-order chi connectivity index (χ1) is 13.3. The Kier molecular flexibility index (Phi) is 3.61. The van der Waals surface area contributed by atoms with Crippen LogP contribution in [0.5, 0.6) is 0 Å². The average Bonchev–Trinajstić information content (AvgIpc) is 3.11. The third-order valence-corrected chi connectivity index (χ3v) is 4.89. The maximum atomic E-state index is 12.7. The van der Waals surface area contributed by atoms with Crippen LogP contribution >= 0.6 is 0 Å². The van der Waals surface area contributed by atoms with E-state index in [2.05, 4.69) is 22.4 Å². The number of rotatable bonds is 3. The zero-order valence-electron chi connectivity index (χ0n) is 14.6. The number of hydrogen-bond acceptors (Lipinski definition) is 2. The number of amides is 1. The summed E-state index contributed by atoms with van der Waals surface area (Å²) in [4.78, 5) is 20.6. The van der Waals surface area contributed by atoms with E-state index in [9.17, 15) is 4.79 Å². The summed E-state index contributed by atoms with van der Waals surface area (Å²) in [5.41, 5.74) is 2.89. The van der Waals surface area contributed by atoms with Gasteiger partial charge in [-0.25, -0.2) is 4.98 Å². The highest BCUT2D eigenvalue weighted by Gasteiger charge is 2.13. The maximum absolute atomic E-state index is 12.7. The van der Waals surface area contributed by atoms with Gasteiger partial charge in [-0.3, -0.25) is 4.79 Å². The van der Waals surface area contributed by atoms with Crippen LogP contribution in [0, 0.1) is 0 Å². The highest BCUT2D eigenvalue weighted by Crippen LogP contribution is 2.29. The minimum Gasteiger partial charge on any atom is -0.361 e. The lowest BCUT2D eigenvalue weighted by Crippen LogP contribution is -2.15. The van der Waals surface area contributed by atoms with Crippen molar-refractivity contribution in [3.63, 3.8) is 0 Å². The van der Waals surface area contributed by atoms with Crippen LogP contribution < -0.4 is 5.32 Å². The van der Waals surface area contributed by atoms with E-state index in [4.69, 9.17) is 4.98 Å². The van der Waals surface area contributed by atoms with Gasteiger partial charge in [0.1, 0.15) is 5.82 Å². The van der Waals surface area contributed by atoms with Crippen LogP contribution in [-0.2, 0) is 11.2 Å². The molecule has 3 aromatic carbocycles. The van der Waals surface area contributed by atoms with Gasteiger partial charge in [-0.2, -0.15) is 0 Å². The molecule has 4 nitrogen and oxygen atoms in total. The summed E-state index contributed by atoms with van der Waals surface area (Å²) in [5, 5.41) is 7.21. The van der Waals surface area contributed by atoms with E-state index >= 15 is 0 Å². The SMILES string of the molecule is O=C(Cc1c[nH]c2ccccc12)Nc1nc2ccccc2c2ccccc12. The molecule has 0 fully saturated rings. The predicted molar refractivity (Wildman–Crippen MR) is 110 cm³/mol. The molecule has 2 heterocycles. The fourth-order valence-electron chi connectivity index (χ4n) is 3.63. The molecule has 0 unspecified atom stereocenters. The Morgan fingerprint density at radius 3 is 2.33 bits per heavy atom. The van der Waals surface area contributed by atoms with E-state index in [0.717, 1.165) is 38.1 Å². The number of para-hydroxylation sites is 2. The molecular formula is C23H17N3O. The monoisotopic (exact) mass is 351 g/mol. The van der Waals surface area contributed by atoms with Crippen molar-refractivity contribution < 1.29 is 4.79 Å². The number of benzene rings is 3. The fourth-order valence-corrected chi connectivity index (χ4v) is 3.63. The van der Waals surface area contributed by atoms with Crippen molar-refractivity contribution in [2.75, 3.05) is 5.32 Å². The first-order valence-corrected chi connectivity index (χ1v) is 8.92. The summed E-state index contributed by atoms with van der Waals surface area (Å²) < 4.78 is 0. The zero-order valence-corrected chi connectivity index (χ0v) is 14.6. The van der Waals surface area contributed by atoms with Gasteiger partial charge in [0.25, 0.3) is 0 Å². The van der Waals surface area contributed by atoms with Crippen molar-refractivity contribution in [3.05, 3.63) is 84.6 Å². The first kappa shape index (κ1) is 15.6. The summed E-state index contributed by atoms with van der Waals surface area (Å²) >= 11 is 0. The fraction of sp³-hybridized carbons (Fsp3) is 0.0435. The van der Waals surface area contributed by atoms with Gasteiger partial charge in [0.15, 0.2) is 0 Å². The highest BCUT2D eigenvalue weighted by molar-refractivity contribution is 6.12. The van der Waals surface area contributed by atoms with Crippen LogP contribution in [0.3, 0.4) is 0 Å². The molecule has 0 aliphatic rings. The largest absolute Gasteiger partial charge is 0.361 e. The van der Waals surface area contributed by atoms with Crippen LogP contribution in [0.25, 0.3) is 32.6 Å². The van der Waals surface area contributed by atoms with Crippen LogP contribution in [0.2, 0.25) is 0 Å². The molecule has 2 N–H and O–H groups in total. The molecule has 130 valence electrons. The summed E-state index contributed by atoms with van der Waals surface area (Å²) in [6.45, 7) is 0. The molecule has 0 radical (unpaired) electrons. The van der Waals surface area contributed by atoms with E-state index in [1.807, 2.05) is 66.9 Å². The molecule has 4 heteroatoms. The number of nitrogens with one attached hydrogen (secondary N) is 2. The summed E-state index contributed by atoms with van der Waals surface area (Å²) in [6.07, 6.45) is 2.20. The minimum absolute atomic E-state index is 0.0762. The van der Waals surface area contributed by atoms with Crippen LogP contribution in [0.4, 0.5) is 5.82 Å². The second kappa shape index (κ2) is 6.25. The molecule has 0 atom stereocenters. The van der Waals surface area contributed by atoms with Crippen LogP contribution in [-0.4, -0.2) is 15.9 Å². The topological polar surface area (TPSA) is 57.8 Å². The van der Waals surface area contributed by atoms with Crippen LogP contribution in [0.15, 0.2) is 79.0 Å². The summed E-state index contributed by atoms with van der Waals surface area (Å²) in [5.74, 6) is 0.529. The number of H-pyrrole nitrogens is 1. The van der Waals surface area contributed by atoms with Gasteiger partial charge in [-0.15, -0.1) is 0 Å². The molecule has 0 saturated carbocycles. The Morgan fingerprint density at radius 2 is 1.48 bits per heavy atom. The van der Waals surface area contributed by atoms with E-state index in [0.29, 0.717) is 12.2 Å².